The zero-order chi connectivity index (χ0) is 14.8. The molecule has 1 aromatic rings. The third kappa shape index (κ3) is 3.89. The van der Waals surface area contributed by atoms with Gasteiger partial charge in [0.1, 0.15) is 0 Å². The van der Waals surface area contributed by atoms with Crippen LogP contribution < -0.4 is 4.74 Å². The van der Waals surface area contributed by atoms with Gasteiger partial charge in [-0.2, -0.15) is 0 Å². The molecule has 19 heavy (non-hydrogen) atoms. The Bertz CT molecular complexity index is 486. The van der Waals surface area contributed by atoms with Gasteiger partial charge in [0.2, 0.25) is 0 Å². The summed E-state index contributed by atoms with van der Waals surface area (Å²) in [5.41, 5.74) is 0.183. The Balaban J connectivity index is 3.21. The molecule has 1 atom stereocenters. The number of nitro groups is 1. The third-order valence-electron chi connectivity index (χ3n) is 2.89. The Labute approximate surface area is 120 Å². The monoisotopic (exact) mass is 333 g/mol. The van der Waals surface area contributed by atoms with Crippen LogP contribution in [0.1, 0.15) is 26.3 Å². The van der Waals surface area contributed by atoms with E-state index in [4.69, 9.17) is 4.74 Å². The summed E-state index contributed by atoms with van der Waals surface area (Å²) in [6, 6.07) is 2.31. The number of nitro benzene ring substituents is 1. The molecule has 0 heterocycles. The third-order valence-corrected chi connectivity index (χ3v) is 4.59. The van der Waals surface area contributed by atoms with E-state index in [1.807, 2.05) is 20.8 Å². The molecule has 4 nitrogen and oxygen atoms in total. The highest BCUT2D eigenvalue weighted by Gasteiger charge is 2.27. The summed E-state index contributed by atoms with van der Waals surface area (Å²) in [6.45, 7) is 6.08. The Morgan fingerprint density at radius 3 is 2.47 bits per heavy atom. The number of hydrogen-bond acceptors (Lipinski definition) is 3. The van der Waals surface area contributed by atoms with Crippen LogP contribution in [0.25, 0.3) is 0 Å². The van der Waals surface area contributed by atoms with Crippen molar-refractivity contribution in [2.75, 3.05) is 7.11 Å². The largest absolute Gasteiger partial charge is 0.494 e. The van der Waals surface area contributed by atoms with Crippen molar-refractivity contribution in [3.63, 3.8) is 0 Å². The first-order chi connectivity index (χ1) is 8.66. The Hall–Kier alpha value is -1.17. The number of ether oxygens (including phenoxy) is 1. The van der Waals surface area contributed by atoms with Crippen LogP contribution in [0, 0.1) is 21.3 Å². The molecule has 0 radical (unpaired) electrons. The lowest BCUT2D eigenvalue weighted by Crippen LogP contribution is -2.22. The second-order valence-corrected chi connectivity index (χ2v) is 6.52. The lowest BCUT2D eigenvalue weighted by Gasteiger charge is -2.25. The lowest BCUT2D eigenvalue weighted by atomic mass is 9.88. The minimum atomic E-state index is -0.722. The second-order valence-electron chi connectivity index (χ2n) is 5.41. The van der Waals surface area contributed by atoms with Crippen molar-refractivity contribution in [3.05, 3.63) is 33.6 Å². The standard InChI is InChI=1S/C13H17BrFNO3/c1-13(2,3)12(14)6-8-5-11(19-4)9(15)7-10(8)16(17)18/h5,7,12H,6H2,1-4H3. The van der Waals surface area contributed by atoms with Gasteiger partial charge in [0.05, 0.1) is 18.1 Å². The van der Waals surface area contributed by atoms with E-state index in [9.17, 15) is 14.5 Å². The van der Waals surface area contributed by atoms with Crippen LogP contribution in [0.4, 0.5) is 10.1 Å². The topological polar surface area (TPSA) is 52.4 Å². The summed E-state index contributed by atoms with van der Waals surface area (Å²) in [4.78, 5) is 10.5. The van der Waals surface area contributed by atoms with Gasteiger partial charge >= 0.3 is 0 Å². The van der Waals surface area contributed by atoms with Gasteiger partial charge in [-0.3, -0.25) is 10.1 Å². The summed E-state index contributed by atoms with van der Waals surface area (Å²) in [7, 11) is 1.34. The van der Waals surface area contributed by atoms with Crippen molar-refractivity contribution in [2.45, 2.75) is 32.0 Å². The van der Waals surface area contributed by atoms with E-state index < -0.39 is 10.7 Å². The molecule has 1 aromatic carbocycles. The summed E-state index contributed by atoms with van der Waals surface area (Å²) in [6.07, 6.45) is 0.427. The zero-order valence-electron chi connectivity index (χ0n) is 11.4. The number of rotatable bonds is 4. The van der Waals surface area contributed by atoms with Crippen molar-refractivity contribution >= 4 is 21.6 Å². The van der Waals surface area contributed by atoms with Crippen LogP contribution >= 0.6 is 15.9 Å². The molecule has 106 valence electrons. The molecule has 0 aliphatic carbocycles. The normalized spacial score (nSPS) is 13.2. The first kappa shape index (κ1) is 15.9. The van der Waals surface area contributed by atoms with Gasteiger partial charge in [-0.05, 0) is 17.9 Å². The molecule has 0 fully saturated rings. The fraction of sp³-hybridized carbons (Fsp3) is 0.538. The van der Waals surface area contributed by atoms with E-state index in [0.29, 0.717) is 12.0 Å². The van der Waals surface area contributed by atoms with Crippen molar-refractivity contribution in [3.8, 4) is 5.75 Å². The maximum atomic E-state index is 13.5. The van der Waals surface area contributed by atoms with Crippen LogP contribution in [0.3, 0.4) is 0 Å². The molecule has 0 spiro atoms. The quantitative estimate of drug-likeness (QED) is 0.473. The summed E-state index contributed by atoms with van der Waals surface area (Å²) in [5, 5.41) is 11.0. The van der Waals surface area contributed by atoms with Crippen LogP contribution in [-0.2, 0) is 6.42 Å². The molecule has 0 aliphatic rings. The van der Waals surface area contributed by atoms with E-state index >= 15 is 0 Å². The van der Waals surface area contributed by atoms with Crippen molar-refractivity contribution in [1.82, 2.24) is 0 Å². The molecule has 0 amide bonds. The van der Waals surface area contributed by atoms with Crippen LogP contribution in [0.15, 0.2) is 12.1 Å². The molecule has 0 aliphatic heterocycles. The molecule has 0 bridgehead atoms. The van der Waals surface area contributed by atoms with Crippen molar-refractivity contribution in [1.29, 1.82) is 0 Å². The molecule has 0 saturated carbocycles. The van der Waals surface area contributed by atoms with E-state index in [0.717, 1.165) is 6.07 Å². The molecule has 0 aromatic heterocycles. The van der Waals surface area contributed by atoms with E-state index in [1.54, 1.807) is 0 Å². The maximum absolute atomic E-state index is 13.5. The Morgan fingerprint density at radius 1 is 1.47 bits per heavy atom. The Morgan fingerprint density at radius 2 is 2.05 bits per heavy atom. The van der Waals surface area contributed by atoms with E-state index in [1.165, 1.54) is 13.2 Å². The second kappa shape index (κ2) is 5.86. The Kier molecular flexibility index (Phi) is 4.90. The first-order valence-electron chi connectivity index (χ1n) is 5.81. The van der Waals surface area contributed by atoms with Gasteiger partial charge in [0.15, 0.2) is 11.6 Å². The number of hydrogen-bond donors (Lipinski definition) is 0. The van der Waals surface area contributed by atoms with Gasteiger partial charge < -0.3 is 4.74 Å². The predicted octanol–water partition coefficient (Wildman–Crippen LogP) is 4.09. The zero-order valence-corrected chi connectivity index (χ0v) is 13.0. The fourth-order valence-corrected chi connectivity index (χ4v) is 1.92. The molecule has 1 rings (SSSR count). The first-order valence-corrected chi connectivity index (χ1v) is 6.73. The number of halogens is 2. The number of benzene rings is 1. The maximum Gasteiger partial charge on any atom is 0.275 e. The van der Waals surface area contributed by atoms with Gasteiger partial charge in [-0.15, -0.1) is 0 Å². The number of methoxy groups -OCH3 is 1. The van der Waals surface area contributed by atoms with Gasteiger partial charge in [-0.1, -0.05) is 36.7 Å². The predicted molar refractivity (Wildman–Crippen MR) is 75.5 cm³/mol. The molecular formula is C13H17BrFNO3. The molecular weight excluding hydrogens is 317 g/mol. The minimum Gasteiger partial charge on any atom is -0.494 e. The van der Waals surface area contributed by atoms with Gasteiger partial charge in [0.25, 0.3) is 5.69 Å². The average Bonchev–Trinajstić information content (AvgIpc) is 2.29. The minimum absolute atomic E-state index is 0.0224. The number of nitrogens with zero attached hydrogens (tertiary/aromatic N) is 1. The highest BCUT2D eigenvalue weighted by Crippen LogP contribution is 2.34. The summed E-state index contributed by atoms with van der Waals surface area (Å²) < 4.78 is 18.4. The van der Waals surface area contributed by atoms with Crippen molar-refractivity contribution < 1.29 is 14.1 Å². The van der Waals surface area contributed by atoms with Gasteiger partial charge in [-0.25, -0.2) is 4.39 Å². The van der Waals surface area contributed by atoms with Crippen LogP contribution in [0.5, 0.6) is 5.75 Å². The molecule has 0 N–H and O–H groups in total. The highest BCUT2D eigenvalue weighted by atomic mass is 79.9. The number of alkyl halides is 1. The lowest BCUT2D eigenvalue weighted by molar-refractivity contribution is -0.385. The van der Waals surface area contributed by atoms with Gasteiger partial charge in [0, 0.05) is 10.4 Å². The fourth-order valence-electron chi connectivity index (χ4n) is 1.57. The average molecular weight is 334 g/mol. The highest BCUT2D eigenvalue weighted by molar-refractivity contribution is 9.09. The van der Waals surface area contributed by atoms with Crippen LogP contribution in [0.2, 0.25) is 0 Å². The molecule has 0 saturated heterocycles. The van der Waals surface area contributed by atoms with E-state index in [-0.39, 0.29) is 21.7 Å². The SMILES string of the molecule is COc1cc(CC(Br)C(C)(C)C)c([N+](=O)[O-])cc1F. The van der Waals surface area contributed by atoms with Crippen LogP contribution in [-0.4, -0.2) is 16.9 Å². The summed E-state index contributed by atoms with van der Waals surface area (Å²) >= 11 is 3.53. The molecule has 6 heteroatoms. The van der Waals surface area contributed by atoms with E-state index in [2.05, 4.69) is 15.9 Å². The van der Waals surface area contributed by atoms with Crippen molar-refractivity contribution in [2.24, 2.45) is 5.41 Å². The molecule has 1 unspecified atom stereocenters. The summed E-state index contributed by atoms with van der Waals surface area (Å²) in [5.74, 6) is -0.700. The smallest absolute Gasteiger partial charge is 0.275 e.